The van der Waals surface area contributed by atoms with Gasteiger partial charge in [0.25, 0.3) is 5.91 Å². The van der Waals surface area contributed by atoms with Crippen molar-refractivity contribution in [2.45, 2.75) is 62.8 Å². The maximum atomic E-state index is 12.9. The van der Waals surface area contributed by atoms with Crippen LogP contribution in [-0.4, -0.2) is 63.4 Å². The van der Waals surface area contributed by atoms with E-state index in [1.807, 2.05) is 31.2 Å². The number of benzene rings is 1. The molecule has 1 heterocycles. The zero-order valence-corrected chi connectivity index (χ0v) is 18.1. The number of likely N-dealkylation sites (tertiary alicyclic amines) is 1. The summed E-state index contributed by atoms with van der Waals surface area (Å²) in [6.45, 7) is 2.72. The number of methoxy groups -OCH3 is 1. The minimum atomic E-state index is -3.40. The van der Waals surface area contributed by atoms with Gasteiger partial charge >= 0.3 is 0 Å². The van der Waals surface area contributed by atoms with Crippen molar-refractivity contribution in [3.63, 3.8) is 0 Å². The molecule has 1 amide bonds. The lowest BCUT2D eigenvalue weighted by atomic mass is 9.97. The van der Waals surface area contributed by atoms with Crippen LogP contribution in [0.15, 0.2) is 24.3 Å². The molecule has 1 aliphatic carbocycles. The summed E-state index contributed by atoms with van der Waals surface area (Å²) in [4.78, 5) is 14.6. The Morgan fingerprint density at radius 3 is 2.59 bits per heavy atom. The smallest absolute Gasteiger partial charge is 0.260 e. The van der Waals surface area contributed by atoms with Crippen molar-refractivity contribution in [1.82, 2.24) is 9.62 Å². The standard InChI is InChI=1S/C21H32N2O5S/c1-16-8-3-6-12-20(16)28-15-21(24)23-13-7-11-18(19(23)14-27-2)22-29(25,26)17-9-4-5-10-17/h3,6,8,12,17-19,22H,4-5,7,9-11,13-15H2,1-2H3/t18?,19-/m0/s1. The number of nitrogens with zero attached hydrogens (tertiary/aromatic N) is 1. The zero-order valence-electron chi connectivity index (χ0n) is 17.3. The lowest BCUT2D eigenvalue weighted by Gasteiger charge is -2.41. The lowest BCUT2D eigenvalue weighted by molar-refractivity contribution is -0.139. The number of rotatable bonds is 8. The Kier molecular flexibility index (Phi) is 7.54. The van der Waals surface area contributed by atoms with E-state index in [2.05, 4.69) is 4.72 Å². The highest BCUT2D eigenvalue weighted by Gasteiger charge is 2.39. The molecule has 1 aromatic carbocycles. The van der Waals surface area contributed by atoms with Crippen LogP contribution in [0.25, 0.3) is 0 Å². The minimum Gasteiger partial charge on any atom is -0.484 e. The first-order valence-corrected chi connectivity index (χ1v) is 11.9. The van der Waals surface area contributed by atoms with Crippen LogP contribution in [-0.2, 0) is 19.6 Å². The van der Waals surface area contributed by atoms with Crippen molar-refractivity contribution < 1.29 is 22.7 Å². The van der Waals surface area contributed by atoms with Gasteiger partial charge in [0.2, 0.25) is 10.0 Å². The summed E-state index contributed by atoms with van der Waals surface area (Å²) in [6.07, 6.45) is 4.78. The molecule has 1 saturated heterocycles. The predicted octanol–water partition coefficient (Wildman–Crippen LogP) is 2.24. The fourth-order valence-electron chi connectivity index (χ4n) is 4.33. The Morgan fingerprint density at radius 2 is 1.90 bits per heavy atom. The number of ether oxygens (including phenoxy) is 2. The number of aryl methyl sites for hydroxylation is 1. The van der Waals surface area contributed by atoms with E-state index in [1.54, 1.807) is 12.0 Å². The highest BCUT2D eigenvalue weighted by atomic mass is 32.2. The molecule has 1 unspecified atom stereocenters. The number of piperidine rings is 1. The number of carbonyl (C=O) groups excluding carboxylic acids is 1. The maximum Gasteiger partial charge on any atom is 0.260 e. The van der Waals surface area contributed by atoms with E-state index in [0.29, 0.717) is 31.6 Å². The molecule has 7 nitrogen and oxygen atoms in total. The van der Waals surface area contributed by atoms with Gasteiger partial charge in [-0.05, 0) is 44.2 Å². The molecular weight excluding hydrogens is 392 g/mol. The number of para-hydroxylation sites is 1. The van der Waals surface area contributed by atoms with Crippen molar-refractivity contribution in [3.8, 4) is 5.75 Å². The summed E-state index contributed by atoms with van der Waals surface area (Å²) in [5.41, 5.74) is 0.967. The number of nitrogens with one attached hydrogen (secondary N) is 1. The number of hydrogen-bond acceptors (Lipinski definition) is 5. The van der Waals surface area contributed by atoms with Crippen molar-refractivity contribution in [2.75, 3.05) is 26.9 Å². The van der Waals surface area contributed by atoms with E-state index in [0.717, 1.165) is 24.8 Å². The van der Waals surface area contributed by atoms with Gasteiger partial charge in [0, 0.05) is 19.7 Å². The second kappa shape index (κ2) is 9.91. The van der Waals surface area contributed by atoms with Crippen LogP contribution in [0, 0.1) is 6.92 Å². The molecule has 29 heavy (non-hydrogen) atoms. The first-order valence-electron chi connectivity index (χ1n) is 10.4. The van der Waals surface area contributed by atoms with E-state index >= 15 is 0 Å². The monoisotopic (exact) mass is 424 g/mol. The first kappa shape index (κ1) is 22.1. The maximum absolute atomic E-state index is 12.9. The quantitative estimate of drug-likeness (QED) is 0.692. The van der Waals surface area contributed by atoms with Crippen molar-refractivity contribution in [3.05, 3.63) is 29.8 Å². The van der Waals surface area contributed by atoms with Crippen molar-refractivity contribution in [2.24, 2.45) is 0 Å². The summed E-state index contributed by atoms with van der Waals surface area (Å²) >= 11 is 0. The number of carbonyl (C=O) groups is 1. The van der Waals surface area contributed by atoms with Gasteiger partial charge in [-0.2, -0.15) is 0 Å². The van der Waals surface area contributed by atoms with Crippen LogP contribution in [0.3, 0.4) is 0 Å². The Hall–Kier alpha value is -1.64. The van der Waals surface area contributed by atoms with Crippen LogP contribution in [0.2, 0.25) is 0 Å². The third kappa shape index (κ3) is 5.49. The molecule has 162 valence electrons. The average molecular weight is 425 g/mol. The van der Waals surface area contributed by atoms with Gasteiger partial charge in [-0.15, -0.1) is 0 Å². The molecule has 2 atom stereocenters. The third-order valence-corrected chi connectivity index (χ3v) is 7.92. The molecule has 0 aromatic heterocycles. The van der Waals surface area contributed by atoms with Gasteiger partial charge in [-0.1, -0.05) is 31.0 Å². The number of hydrogen-bond donors (Lipinski definition) is 1. The first-order chi connectivity index (χ1) is 13.9. The van der Waals surface area contributed by atoms with E-state index in [4.69, 9.17) is 9.47 Å². The summed E-state index contributed by atoms with van der Waals surface area (Å²) in [6, 6.07) is 6.89. The molecule has 1 saturated carbocycles. The summed E-state index contributed by atoms with van der Waals surface area (Å²) in [5.74, 6) is 0.528. The van der Waals surface area contributed by atoms with Gasteiger partial charge in [-0.25, -0.2) is 13.1 Å². The minimum absolute atomic E-state index is 0.0762. The fraction of sp³-hybridized carbons (Fsp3) is 0.667. The van der Waals surface area contributed by atoms with E-state index in [9.17, 15) is 13.2 Å². The van der Waals surface area contributed by atoms with E-state index in [-0.39, 0.29) is 36.5 Å². The highest BCUT2D eigenvalue weighted by molar-refractivity contribution is 7.90. The Labute approximate surface area is 173 Å². The summed E-state index contributed by atoms with van der Waals surface area (Å²) in [7, 11) is -1.82. The van der Waals surface area contributed by atoms with Crippen molar-refractivity contribution in [1.29, 1.82) is 0 Å². The van der Waals surface area contributed by atoms with Crippen LogP contribution in [0.4, 0.5) is 0 Å². The second-order valence-electron chi connectivity index (χ2n) is 7.98. The van der Waals surface area contributed by atoms with Gasteiger partial charge < -0.3 is 14.4 Å². The van der Waals surface area contributed by atoms with E-state index < -0.39 is 10.0 Å². The lowest BCUT2D eigenvalue weighted by Crippen LogP contribution is -2.60. The summed E-state index contributed by atoms with van der Waals surface area (Å²) in [5, 5.41) is -0.318. The van der Waals surface area contributed by atoms with Crippen LogP contribution >= 0.6 is 0 Å². The van der Waals surface area contributed by atoms with Gasteiger partial charge in [0.15, 0.2) is 6.61 Å². The molecule has 0 bridgehead atoms. The van der Waals surface area contributed by atoms with Gasteiger partial charge in [0.1, 0.15) is 5.75 Å². The van der Waals surface area contributed by atoms with E-state index in [1.165, 1.54) is 0 Å². The largest absolute Gasteiger partial charge is 0.484 e. The predicted molar refractivity (Wildman–Crippen MR) is 111 cm³/mol. The Bertz CT molecular complexity index is 792. The summed E-state index contributed by atoms with van der Waals surface area (Å²) < 4.78 is 39.6. The molecule has 2 aliphatic rings. The normalized spacial score (nSPS) is 23.3. The molecule has 0 spiro atoms. The van der Waals surface area contributed by atoms with Gasteiger partial charge in [0.05, 0.1) is 17.9 Å². The molecule has 1 aromatic rings. The molecule has 0 radical (unpaired) electrons. The van der Waals surface area contributed by atoms with Crippen LogP contribution in [0.5, 0.6) is 5.75 Å². The van der Waals surface area contributed by atoms with Gasteiger partial charge in [-0.3, -0.25) is 4.79 Å². The number of sulfonamides is 1. The van der Waals surface area contributed by atoms with Crippen LogP contribution in [0.1, 0.15) is 44.1 Å². The molecule has 2 fully saturated rings. The molecule has 3 rings (SSSR count). The molecular formula is C21H32N2O5S. The molecule has 1 N–H and O–H groups in total. The Morgan fingerprint density at radius 1 is 1.17 bits per heavy atom. The fourth-order valence-corrected chi connectivity index (χ4v) is 6.17. The van der Waals surface area contributed by atoms with Crippen molar-refractivity contribution >= 4 is 15.9 Å². The number of amides is 1. The second-order valence-corrected chi connectivity index (χ2v) is 9.97. The highest BCUT2D eigenvalue weighted by Crippen LogP contribution is 2.26. The Balaban J connectivity index is 1.67. The SMILES string of the molecule is COC[C@H]1C(NS(=O)(=O)C2CCCC2)CCCN1C(=O)COc1ccccc1C. The topological polar surface area (TPSA) is 84.9 Å². The average Bonchev–Trinajstić information content (AvgIpc) is 3.24. The molecule has 1 aliphatic heterocycles. The van der Waals surface area contributed by atoms with Crippen LogP contribution < -0.4 is 9.46 Å². The third-order valence-electron chi connectivity index (χ3n) is 5.94. The zero-order chi connectivity index (χ0) is 20.9. The molecule has 8 heteroatoms.